The first kappa shape index (κ1) is 28.4. The number of carboxylic acid groups (broad SMARTS) is 1. The maximum absolute atomic E-state index is 15.5. The summed E-state index contributed by atoms with van der Waals surface area (Å²) in [7, 11) is 0. The zero-order chi connectivity index (χ0) is 30.2. The quantitative estimate of drug-likeness (QED) is 0.207. The van der Waals surface area contributed by atoms with E-state index in [0.717, 1.165) is 36.0 Å². The number of rotatable bonds is 9. The highest BCUT2D eigenvalue weighted by atomic mass is 32.1. The Hall–Kier alpha value is -4.73. The molecule has 1 aliphatic heterocycles. The zero-order valence-corrected chi connectivity index (χ0v) is 23.6. The molecule has 43 heavy (non-hydrogen) atoms. The molecule has 0 bridgehead atoms. The van der Waals surface area contributed by atoms with Crippen molar-refractivity contribution in [3.63, 3.8) is 0 Å². The van der Waals surface area contributed by atoms with E-state index in [1.165, 1.54) is 24.3 Å². The van der Waals surface area contributed by atoms with Crippen molar-refractivity contribution >= 4 is 27.7 Å². The van der Waals surface area contributed by atoms with E-state index in [4.69, 9.17) is 14.7 Å². The van der Waals surface area contributed by atoms with Crippen LogP contribution in [0.5, 0.6) is 5.88 Å². The van der Waals surface area contributed by atoms with Crippen LogP contribution in [-0.4, -0.2) is 38.3 Å². The number of thiophene rings is 1. The first-order chi connectivity index (χ1) is 20.7. The van der Waals surface area contributed by atoms with Gasteiger partial charge in [-0.15, -0.1) is 11.3 Å². The van der Waals surface area contributed by atoms with Gasteiger partial charge in [0.05, 0.1) is 35.5 Å². The van der Waals surface area contributed by atoms with Gasteiger partial charge in [-0.1, -0.05) is 12.1 Å². The third kappa shape index (κ3) is 5.57. The molecule has 6 rings (SSSR count). The van der Waals surface area contributed by atoms with Crippen LogP contribution in [0, 0.1) is 35.7 Å². The maximum Gasteiger partial charge on any atom is 0.346 e. The van der Waals surface area contributed by atoms with Crippen LogP contribution in [0.15, 0.2) is 48.5 Å². The van der Waals surface area contributed by atoms with Gasteiger partial charge in [-0.05, 0) is 49.2 Å². The van der Waals surface area contributed by atoms with Gasteiger partial charge in [0.25, 0.3) is 0 Å². The number of aromatic nitrogens is 3. The smallest absolute Gasteiger partial charge is 0.346 e. The number of hydrogen-bond acceptors (Lipinski definition) is 7. The lowest BCUT2D eigenvalue weighted by atomic mass is 10.0. The second kappa shape index (κ2) is 11.5. The first-order valence-corrected chi connectivity index (χ1v) is 14.1. The Morgan fingerprint density at radius 2 is 1.93 bits per heavy atom. The van der Waals surface area contributed by atoms with Crippen molar-refractivity contribution in [2.45, 2.75) is 39.0 Å². The van der Waals surface area contributed by atoms with Crippen LogP contribution >= 0.6 is 11.3 Å². The number of aryl methyl sites for hydroxylation is 1. The number of nitrogens with zero attached hydrogens (tertiary/aromatic N) is 4. The molecule has 1 saturated heterocycles. The Morgan fingerprint density at radius 1 is 1.14 bits per heavy atom. The second-order valence-electron chi connectivity index (χ2n) is 10.1. The molecule has 0 saturated carbocycles. The number of pyridine rings is 1. The lowest BCUT2D eigenvalue weighted by Gasteiger charge is -2.27. The van der Waals surface area contributed by atoms with Gasteiger partial charge >= 0.3 is 5.97 Å². The van der Waals surface area contributed by atoms with Gasteiger partial charge in [-0.3, -0.25) is 0 Å². The lowest BCUT2D eigenvalue weighted by molar-refractivity contribution is -0.0589. The van der Waals surface area contributed by atoms with Gasteiger partial charge in [0.2, 0.25) is 5.88 Å². The maximum atomic E-state index is 15.5. The highest BCUT2D eigenvalue weighted by molar-refractivity contribution is 7.20. The normalized spacial score (nSPS) is 14.4. The second-order valence-corrected chi connectivity index (χ2v) is 11.1. The summed E-state index contributed by atoms with van der Waals surface area (Å²) >= 11 is 1.05. The summed E-state index contributed by atoms with van der Waals surface area (Å²) < 4.78 is 58.1. The minimum atomic E-state index is -1.04. The number of hydrogen-bond donors (Lipinski definition) is 1. The average molecular weight is 605 g/mol. The van der Waals surface area contributed by atoms with Crippen molar-refractivity contribution in [3.05, 3.63) is 98.9 Å². The van der Waals surface area contributed by atoms with Gasteiger partial charge in [0.15, 0.2) is 0 Å². The summed E-state index contributed by atoms with van der Waals surface area (Å²) in [4.78, 5) is 21.3. The molecule has 3 aromatic heterocycles. The van der Waals surface area contributed by atoms with Crippen molar-refractivity contribution in [2.75, 3.05) is 6.61 Å². The van der Waals surface area contributed by atoms with Crippen molar-refractivity contribution < 1.29 is 32.5 Å². The van der Waals surface area contributed by atoms with Crippen molar-refractivity contribution in [1.29, 1.82) is 5.26 Å². The lowest BCUT2D eigenvalue weighted by Crippen LogP contribution is -2.31. The molecule has 1 fully saturated rings. The van der Waals surface area contributed by atoms with Crippen LogP contribution in [0.4, 0.5) is 13.2 Å². The number of benzene rings is 2. The molecule has 1 N–H and O–H groups in total. The molecule has 8 nitrogen and oxygen atoms in total. The van der Waals surface area contributed by atoms with Crippen molar-refractivity contribution in [2.24, 2.45) is 0 Å². The van der Waals surface area contributed by atoms with Crippen LogP contribution in [0.1, 0.15) is 44.2 Å². The van der Waals surface area contributed by atoms with E-state index in [1.807, 2.05) is 10.6 Å². The molecular formula is C31H23F3N4O4S. The molecule has 0 aliphatic carbocycles. The summed E-state index contributed by atoms with van der Waals surface area (Å²) in [6.45, 7) is 2.60. The molecule has 0 amide bonds. The molecule has 2 aromatic carbocycles. The predicted molar refractivity (Wildman–Crippen MR) is 152 cm³/mol. The molecule has 218 valence electrons. The molecule has 1 unspecified atom stereocenters. The van der Waals surface area contributed by atoms with Crippen LogP contribution in [0.25, 0.3) is 21.6 Å². The summed E-state index contributed by atoms with van der Waals surface area (Å²) in [6, 6.07) is 12.6. The topological polar surface area (TPSA) is 110 Å². The zero-order valence-electron chi connectivity index (χ0n) is 22.7. The highest BCUT2D eigenvalue weighted by Crippen LogP contribution is 2.34. The number of aromatic carboxylic acids is 1. The fourth-order valence-electron chi connectivity index (χ4n) is 4.98. The molecule has 0 radical (unpaired) electrons. The Morgan fingerprint density at radius 3 is 2.63 bits per heavy atom. The molecule has 1 atom stereocenters. The summed E-state index contributed by atoms with van der Waals surface area (Å²) in [6.07, 6.45) is 0.747. The first-order valence-electron chi connectivity index (χ1n) is 13.3. The SMILES string of the molecule is Cc1c(C(=O)O)sc2nc(Cc3cc(F)c(-c4cccc(OCc5ccc(C#N)cc5F)n4)cc3F)n(CC3CCO3)c12. The van der Waals surface area contributed by atoms with Crippen LogP contribution in [-0.2, 0) is 24.3 Å². The van der Waals surface area contributed by atoms with E-state index in [2.05, 4.69) is 9.97 Å². The molecule has 1 aliphatic rings. The Balaban J connectivity index is 1.26. The standard InChI is InChI=1S/C31H23F3N4O4S/c1-16-28-30(43-29(16)31(39)40)37-26(38(28)14-20-7-8-41-20)11-19-10-24(34)21(12-23(19)33)25-3-2-4-27(36-25)42-15-18-6-5-17(13-35)9-22(18)32/h2-6,9-10,12,20H,7-8,11,14-15H2,1H3,(H,39,40). The Bertz CT molecular complexity index is 1930. The largest absolute Gasteiger partial charge is 0.477 e. The summed E-state index contributed by atoms with van der Waals surface area (Å²) in [5.41, 5.74) is 1.75. The molecule has 4 heterocycles. The number of carbonyl (C=O) groups is 1. The molecule has 12 heteroatoms. The Kier molecular flexibility index (Phi) is 7.60. The third-order valence-electron chi connectivity index (χ3n) is 7.32. The number of nitriles is 1. The van der Waals surface area contributed by atoms with Gasteiger partial charge in [-0.2, -0.15) is 5.26 Å². The van der Waals surface area contributed by atoms with E-state index >= 15 is 8.78 Å². The van der Waals surface area contributed by atoms with Crippen LogP contribution in [0.2, 0.25) is 0 Å². The van der Waals surface area contributed by atoms with E-state index < -0.39 is 23.4 Å². The monoisotopic (exact) mass is 604 g/mol. The number of fused-ring (bicyclic) bond motifs is 1. The number of ether oxygens (including phenoxy) is 2. The minimum absolute atomic E-state index is 0.0221. The van der Waals surface area contributed by atoms with E-state index in [-0.39, 0.29) is 57.8 Å². The van der Waals surface area contributed by atoms with Crippen LogP contribution < -0.4 is 4.74 Å². The summed E-state index contributed by atoms with van der Waals surface area (Å²) in [5, 5.41) is 18.5. The fraction of sp³-hybridized carbons (Fsp3) is 0.226. The minimum Gasteiger partial charge on any atom is -0.477 e. The predicted octanol–water partition coefficient (Wildman–Crippen LogP) is 6.41. The summed E-state index contributed by atoms with van der Waals surface area (Å²) in [5.74, 6) is -2.44. The van der Waals surface area contributed by atoms with Gasteiger partial charge in [0, 0.05) is 35.8 Å². The van der Waals surface area contributed by atoms with Crippen molar-refractivity contribution in [3.8, 4) is 23.2 Å². The molecular weight excluding hydrogens is 581 g/mol. The highest BCUT2D eigenvalue weighted by Gasteiger charge is 2.27. The van der Waals surface area contributed by atoms with E-state index in [1.54, 1.807) is 13.0 Å². The Labute approximate surface area is 247 Å². The van der Waals surface area contributed by atoms with Gasteiger partial charge < -0.3 is 19.1 Å². The average Bonchev–Trinajstić information content (AvgIpc) is 3.47. The third-order valence-corrected chi connectivity index (χ3v) is 8.49. The van der Waals surface area contributed by atoms with E-state index in [0.29, 0.717) is 34.9 Å². The number of halogens is 3. The molecule has 0 spiro atoms. The number of carboxylic acids is 1. The van der Waals surface area contributed by atoms with Crippen molar-refractivity contribution in [1.82, 2.24) is 14.5 Å². The van der Waals surface area contributed by atoms with Gasteiger partial charge in [0.1, 0.15) is 39.6 Å². The van der Waals surface area contributed by atoms with Crippen LogP contribution in [0.3, 0.4) is 0 Å². The van der Waals surface area contributed by atoms with Gasteiger partial charge in [-0.25, -0.2) is 27.9 Å². The number of imidazole rings is 1. The molecule has 5 aromatic rings. The van der Waals surface area contributed by atoms with E-state index in [9.17, 15) is 14.3 Å². The fourth-order valence-corrected chi connectivity index (χ4v) is 6.02.